The maximum absolute atomic E-state index is 10.6. The van der Waals surface area contributed by atoms with Gasteiger partial charge in [-0.2, -0.15) is 0 Å². The van der Waals surface area contributed by atoms with E-state index < -0.39 is 0 Å². The average Bonchev–Trinajstić information content (AvgIpc) is 2.14. The molecular formula is C12H24O. The van der Waals surface area contributed by atoms with E-state index in [1.54, 1.807) is 0 Å². The zero-order valence-corrected chi connectivity index (χ0v) is 9.71. The summed E-state index contributed by atoms with van der Waals surface area (Å²) >= 11 is 0. The van der Waals surface area contributed by atoms with Crippen molar-refractivity contribution in [3.8, 4) is 0 Å². The largest absolute Gasteiger partial charge is 0.303 e. The fourth-order valence-electron chi connectivity index (χ4n) is 1.66. The molecule has 0 rings (SSSR count). The zero-order valence-electron chi connectivity index (χ0n) is 9.71. The topological polar surface area (TPSA) is 17.1 Å². The van der Waals surface area contributed by atoms with Gasteiger partial charge >= 0.3 is 0 Å². The normalized spacial score (nSPS) is 20.4. The second kappa shape index (κ2) is 6.17. The van der Waals surface area contributed by atoms with Gasteiger partial charge in [0.15, 0.2) is 0 Å². The summed E-state index contributed by atoms with van der Waals surface area (Å²) in [6.45, 7) is 11.0. The Kier molecular flexibility index (Phi) is 6.02. The minimum atomic E-state index is 0.207. The lowest BCUT2D eigenvalue weighted by atomic mass is 9.80. The quantitative estimate of drug-likeness (QED) is 0.577. The Balaban J connectivity index is 3.94. The van der Waals surface area contributed by atoms with Crippen LogP contribution in [0.1, 0.15) is 47.5 Å². The summed E-state index contributed by atoms with van der Waals surface area (Å²) in [6.07, 6.45) is 3.57. The number of carbonyl (C=O) groups is 1. The highest BCUT2D eigenvalue weighted by Gasteiger charge is 2.19. The van der Waals surface area contributed by atoms with Gasteiger partial charge in [0.1, 0.15) is 6.29 Å². The lowest BCUT2D eigenvalue weighted by Crippen LogP contribution is -2.19. The highest BCUT2D eigenvalue weighted by Crippen LogP contribution is 2.26. The first kappa shape index (κ1) is 12.7. The van der Waals surface area contributed by atoms with Gasteiger partial charge in [0.05, 0.1) is 0 Å². The number of carbonyl (C=O) groups excluding carboxylic acids is 1. The van der Waals surface area contributed by atoms with Crippen molar-refractivity contribution in [3.63, 3.8) is 0 Å². The fourth-order valence-corrected chi connectivity index (χ4v) is 1.66. The summed E-state index contributed by atoms with van der Waals surface area (Å²) in [4.78, 5) is 10.6. The van der Waals surface area contributed by atoms with Gasteiger partial charge in [0, 0.05) is 5.92 Å². The molecule has 0 aromatic rings. The SMILES string of the molecule is CCC(C)CC(C)C(C)C(C)C=O. The molecule has 0 aromatic carbocycles. The van der Waals surface area contributed by atoms with Crippen LogP contribution in [0.5, 0.6) is 0 Å². The third kappa shape index (κ3) is 4.44. The summed E-state index contributed by atoms with van der Waals surface area (Å²) in [7, 11) is 0. The summed E-state index contributed by atoms with van der Waals surface area (Å²) in [5.74, 6) is 2.18. The minimum Gasteiger partial charge on any atom is -0.303 e. The first-order chi connectivity index (χ1) is 6.02. The number of aldehydes is 1. The number of hydrogen-bond acceptors (Lipinski definition) is 1. The molecule has 4 atom stereocenters. The molecule has 0 aliphatic heterocycles. The van der Waals surface area contributed by atoms with Crippen LogP contribution in [-0.2, 0) is 4.79 Å². The predicted octanol–water partition coefficient (Wildman–Crippen LogP) is 3.53. The van der Waals surface area contributed by atoms with Gasteiger partial charge in [0.2, 0.25) is 0 Å². The highest BCUT2D eigenvalue weighted by molar-refractivity contribution is 5.53. The van der Waals surface area contributed by atoms with Crippen LogP contribution in [0.15, 0.2) is 0 Å². The molecule has 0 radical (unpaired) electrons. The highest BCUT2D eigenvalue weighted by atomic mass is 16.1. The van der Waals surface area contributed by atoms with Gasteiger partial charge < -0.3 is 4.79 Å². The van der Waals surface area contributed by atoms with E-state index in [0.29, 0.717) is 11.8 Å². The molecule has 0 bridgehead atoms. The molecule has 0 heterocycles. The Morgan fingerprint density at radius 2 is 1.69 bits per heavy atom. The molecule has 1 heteroatoms. The third-order valence-electron chi connectivity index (χ3n) is 3.41. The smallest absolute Gasteiger partial charge is 0.123 e. The van der Waals surface area contributed by atoms with Crippen molar-refractivity contribution in [3.05, 3.63) is 0 Å². The lowest BCUT2D eigenvalue weighted by Gasteiger charge is -2.24. The Hall–Kier alpha value is -0.330. The Morgan fingerprint density at radius 3 is 2.08 bits per heavy atom. The Bertz CT molecular complexity index is 142. The molecule has 0 fully saturated rings. The third-order valence-corrected chi connectivity index (χ3v) is 3.41. The molecule has 78 valence electrons. The van der Waals surface area contributed by atoms with E-state index in [0.717, 1.165) is 12.2 Å². The van der Waals surface area contributed by atoms with Crippen molar-refractivity contribution in [1.29, 1.82) is 0 Å². The van der Waals surface area contributed by atoms with Gasteiger partial charge in [-0.1, -0.05) is 41.0 Å². The summed E-state index contributed by atoms with van der Waals surface area (Å²) in [5.41, 5.74) is 0. The molecule has 0 N–H and O–H groups in total. The van der Waals surface area contributed by atoms with E-state index in [9.17, 15) is 4.79 Å². The molecule has 0 amide bonds. The van der Waals surface area contributed by atoms with Crippen molar-refractivity contribution in [2.75, 3.05) is 0 Å². The van der Waals surface area contributed by atoms with Crippen molar-refractivity contribution < 1.29 is 4.79 Å². The van der Waals surface area contributed by atoms with Crippen LogP contribution < -0.4 is 0 Å². The molecule has 0 aromatic heterocycles. The van der Waals surface area contributed by atoms with Crippen molar-refractivity contribution >= 4 is 6.29 Å². The van der Waals surface area contributed by atoms with Crippen LogP contribution in [-0.4, -0.2) is 6.29 Å². The first-order valence-corrected chi connectivity index (χ1v) is 5.48. The average molecular weight is 184 g/mol. The van der Waals surface area contributed by atoms with Gasteiger partial charge in [-0.3, -0.25) is 0 Å². The molecular weight excluding hydrogens is 160 g/mol. The van der Waals surface area contributed by atoms with E-state index in [2.05, 4.69) is 27.7 Å². The molecule has 0 saturated heterocycles. The maximum atomic E-state index is 10.6. The van der Waals surface area contributed by atoms with Gasteiger partial charge in [-0.05, 0) is 24.2 Å². The molecule has 1 nitrogen and oxygen atoms in total. The number of hydrogen-bond donors (Lipinski definition) is 0. The van der Waals surface area contributed by atoms with Crippen LogP contribution in [0.4, 0.5) is 0 Å². The van der Waals surface area contributed by atoms with Crippen LogP contribution in [0.25, 0.3) is 0 Å². The number of rotatable bonds is 6. The second-order valence-corrected chi connectivity index (χ2v) is 4.58. The molecule has 4 unspecified atom stereocenters. The maximum Gasteiger partial charge on any atom is 0.123 e. The molecule has 13 heavy (non-hydrogen) atoms. The second-order valence-electron chi connectivity index (χ2n) is 4.58. The summed E-state index contributed by atoms with van der Waals surface area (Å²) in [6, 6.07) is 0. The van der Waals surface area contributed by atoms with E-state index in [1.807, 2.05) is 6.92 Å². The van der Waals surface area contributed by atoms with E-state index in [4.69, 9.17) is 0 Å². The Morgan fingerprint density at radius 1 is 1.15 bits per heavy atom. The standard InChI is InChI=1S/C12H24O/c1-6-9(2)7-10(3)12(5)11(4)8-13/h8-12H,6-7H2,1-5H3. The lowest BCUT2D eigenvalue weighted by molar-refractivity contribution is -0.112. The Labute approximate surface area is 82.9 Å². The van der Waals surface area contributed by atoms with E-state index in [1.165, 1.54) is 12.8 Å². The molecule has 0 aliphatic rings. The molecule has 0 saturated carbocycles. The summed E-state index contributed by atoms with van der Waals surface area (Å²) in [5, 5.41) is 0. The van der Waals surface area contributed by atoms with Gasteiger partial charge in [-0.15, -0.1) is 0 Å². The zero-order chi connectivity index (χ0) is 10.4. The van der Waals surface area contributed by atoms with Crippen LogP contribution in [0.2, 0.25) is 0 Å². The van der Waals surface area contributed by atoms with Gasteiger partial charge in [0.25, 0.3) is 0 Å². The first-order valence-electron chi connectivity index (χ1n) is 5.48. The van der Waals surface area contributed by atoms with E-state index >= 15 is 0 Å². The fraction of sp³-hybridized carbons (Fsp3) is 0.917. The van der Waals surface area contributed by atoms with Crippen LogP contribution >= 0.6 is 0 Å². The van der Waals surface area contributed by atoms with Crippen molar-refractivity contribution in [1.82, 2.24) is 0 Å². The van der Waals surface area contributed by atoms with Crippen molar-refractivity contribution in [2.45, 2.75) is 47.5 Å². The monoisotopic (exact) mass is 184 g/mol. The van der Waals surface area contributed by atoms with Crippen LogP contribution in [0.3, 0.4) is 0 Å². The molecule has 0 spiro atoms. The van der Waals surface area contributed by atoms with Crippen LogP contribution in [0, 0.1) is 23.7 Å². The summed E-state index contributed by atoms with van der Waals surface area (Å²) < 4.78 is 0. The van der Waals surface area contributed by atoms with Gasteiger partial charge in [-0.25, -0.2) is 0 Å². The minimum absolute atomic E-state index is 0.207. The predicted molar refractivity (Wildman–Crippen MR) is 57.6 cm³/mol. The van der Waals surface area contributed by atoms with E-state index in [-0.39, 0.29) is 5.92 Å². The van der Waals surface area contributed by atoms with Crippen molar-refractivity contribution in [2.24, 2.45) is 23.7 Å². The molecule has 0 aliphatic carbocycles.